The Morgan fingerprint density at radius 1 is 1.77 bits per heavy atom. The molecule has 74 valence electrons. The Hall–Kier alpha value is -0.650. The molecule has 0 aromatic carbocycles. The predicted octanol–water partition coefficient (Wildman–Crippen LogP) is 0.795. The van der Waals surface area contributed by atoms with E-state index in [-0.39, 0.29) is 12.6 Å². The minimum absolute atomic E-state index is 0.153. The van der Waals surface area contributed by atoms with Crippen LogP contribution in [0.5, 0.6) is 5.88 Å². The summed E-state index contributed by atoms with van der Waals surface area (Å²) in [5.74, 6) is 0.651. The van der Waals surface area contributed by atoms with Crippen molar-refractivity contribution < 1.29 is 9.84 Å². The topological polar surface area (TPSA) is 54.4 Å². The fourth-order valence-corrected chi connectivity index (χ4v) is 1.67. The lowest BCUT2D eigenvalue weighted by atomic mass is 10.3. The van der Waals surface area contributed by atoms with Crippen LogP contribution in [0, 0.1) is 0 Å². The van der Waals surface area contributed by atoms with Crippen LogP contribution in [-0.2, 0) is 0 Å². The molecule has 0 fully saturated rings. The predicted molar refractivity (Wildman–Crippen MR) is 52.2 cm³/mol. The molecule has 0 amide bonds. The summed E-state index contributed by atoms with van der Waals surface area (Å²) in [6.07, 6.45) is 0. The number of rotatable bonds is 5. The van der Waals surface area contributed by atoms with Gasteiger partial charge in [-0.3, -0.25) is 0 Å². The molecule has 5 heteroatoms. The Balaban J connectivity index is 2.50. The summed E-state index contributed by atoms with van der Waals surface area (Å²) in [6, 6.07) is 2.12. The number of methoxy groups -OCH3 is 1. The summed E-state index contributed by atoms with van der Waals surface area (Å²) < 4.78 is 9.05. The fourth-order valence-electron chi connectivity index (χ4n) is 0.954. The van der Waals surface area contributed by atoms with E-state index in [1.165, 1.54) is 11.5 Å². The number of hydrogen-bond acceptors (Lipinski definition) is 5. The van der Waals surface area contributed by atoms with Crippen molar-refractivity contribution in [1.82, 2.24) is 9.69 Å². The average Bonchev–Trinajstić information content (AvgIpc) is 2.62. The number of aliphatic hydroxyl groups excluding tert-OH is 1. The first-order valence-corrected chi connectivity index (χ1v) is 4.90. The van der Waals surface area contributed by atoms with Gasteiger partial charge in [-0.05, 0) is 18.5 Å². The fraction of sp³-hybridized carbons (Fsp3) is 0.625. The van der Waals surface area contributed by atoms with E-state index in [1.54, 1.807) is 7.11 Å². The van der Waals surface area contributed by atoms with Gasteiger partial charge in [0.15, 0.2) is 0 Å². The summed E-state index contributed by atoms with van der Waals surface area (Å²) in [5, 5.41) is 11.8. The van der Waals surface area contributed by atoms with Gasteiger partial charge in [0.2, 0.25) is 5.88 Å². The normalized spacial score (nSPS) is 12.8. The highest BCUT2D eigenvalue weighted by molar-refractivity contribution is 7.06. The molecule has 0 aliphatic rings. The molecule has 1 atom stereocenters. The van der Waals surface area contributed by atoms with Crippen molar-refractivity contribution in [3.05, 3.63) is 10.9 Å². The van der Waals surface area contributed by atoms with Crippen molar-refractivity contribution in [2.24, 2.45) is 0 Å². The van der Waals surface area contributed by atoms with Crippen LogP contribution in [0.15, 0.2) is 6.07 Å². The standard InChI is InChI=1S/C8H14N2O2S/c1-6(9-3-4-11)7-5-8(12-2)10-13-7/h5-6,9,11H,3-4H2,1-2H3. The van der Waals surface area contributed by atoms with Crippen LogP contribution < -0.4 is 10.1 Å². The molecule has 1 heterocycles. The number of aliphatic hydroxyl groups is 1. The van der Waals surface area contributed by atoms with E-state index in [1.807, 2.05) is 13.0 Å². The second-order valence-electron chi connectivity index (χ2n) is 2.67. The monoisotopic (exact) mass is 202 g/mol. The van der Waals surface area contributed by atoms with Crippen LogP contribution in [0.3, 0.4) is 0 Å². The number of nitrogens with zero attached hydrogens (tertiary/aromatic N) is 1. The summed E-state index contributed by atoms with van der Waals surface area (Å²) in [4.78, 5) is 1.12. The number of ether oxygens (including phenoxy) is 1. The zero-order valence-electron chi connectivity index (χ0n) is 7.78. The van der Waals surface area contributed by atoms with E-state index in [0.29, 0.717) is 12.4 Å². The maximum absolute atomic E-state index is 8.61. The van der Waals surface area contributed by atoms with Crippen LogP contribution in [0.4, 0.5) is 0 Å². The van der Waals surface area contributed by atoms with Crippen molar-refractivity contribution >= 4 is 11.5 Å². The van der Waals surface area contributed by atoms with Crippen LogP contribution in [0.25, 0.3) is 0 Å². The van der Waals surface area contributed by atoms with E-state index < -0.39 is 0 Å². The van der Waals surface area contributed by atoms with Gasteiger partial charge in [0.1, 0.15) is 0 Å². The van der Waals surface area contributed by atoms with Gasteiger partial charge in [-0.1, -0.05) is 0 Å². The van der Waals surface area contributed by atoms with Crippen LogP contribution in [-0.4, -0.2) is 29.7 Å². The summed E-state index contributed by atoms with van der Waals surface area (Å²) >= 11 is 1.41. The van der Waals surface area contributed by atoms with Gasteiger partial charge in [0, 0.05) is 23.5 Å². The maximum atomic E-state index is 8.61. The zero-order valence-corrected chi connectivity index (χ0v) is 8.60. The highest BCUT2D eigenvalue weighted by Gasteiger charge is 2.08. The molecular formula is C8H14N2O2S. The van der Waals surface area contributed by atoms with E-state index in [0.717, 1.165) is 4.88 Å². The first-order chi connectivity index (χ1) is 6.27. The summed E-state index contributed by atoms with van der Waals surface area (Å²) in [5.41, 5.74) is 0. The highest BCUT2D eigenvalue weighted by atomic mass is 32.1. The van der Waals surface area contributed by atoms with Gasteiger partial charge < -0.3 is 15.2 Å². The Morgan fingerprint density at radius 3 is 3.08 bits per heavy atom. The molecule has 1 aromatic rings. The molecule has 1 aromatic heterocycles. The summed E-state index contributed by atoms with van der Waals surface area (Å²) in [6.45, 7) is 2.78. The molecule has 4 nitrogen and oxygen atoms in total. The van der Waals surface area contributed by atoms with Crippen molar-refractivity contribution in [1.29, 1.82) is 0 Å². The van der Waals surface area contributed by atoms with E-state index >= 15 is 0 Å². The molecule has 0 saturated carbocycles. The second-order valence-corrected chi connectivity index (χ2v) is 3.51. The largest absolute Gasteiger partial charge is 0.480 e. The lowest BCUT2D eigenvalue weighted by Crippen LogP contribution is -2.21. The molecule has 0 aliphatic carbocycles. The third-order valence-electron chi connectivity index (χ3n) is 1.71. The Labute approximate surface area is 81.7 Å². The van der Waals surface area contributed by atoms with E-state index in [9.17, 15) is 0 Å². The van der Waals surface area contributed by atoms with Crippen molar-refractivity contribution in [2.45, 2.75) is 13.0 Å². The molecule has 0 radical (unpaired) electrons. The maximum Gasteiger partial charge on any atom is 0.225 e. The van der Waals surface area contributed by atoms with Crippen molar-refractivity contribution in [3.63, 3.8) is 0 Å². The highest BCUT2D eigenvalue weighted by Crippen LogP contribution is 2.22. The zero-order chi connectivity index (χ0) is 9.68. The van der Waals surface area contributed by atoms with Gasteiger partial charge >= 0.3 is 0 Å². The third-order valence-corrected chi connectivity index (χ3v) is 2.66. The van der Waals surface area contributed by atoms with Gasteiger partial charge in [-0.25, -0.2) is 0 Å². The van der Waals surface area contributed by atoms with E-state index in [4.69, 9.17) is 9.84 Å². The molecule has 13 heavy (non-hydrogen) atoms. The first kappa shape index (κ1) is 10.4. The molecule has 0 saturated heterocycles. The van der Waals surface area contributed by atoms with Gasteiger partial charge in [-0.2, -0.15) is 4.37 Å². The number of aromatic nitrogens is 1. The minimum Gasteiger partial charge on any atom is -0.480 e. The molecular weight excluding hydrogens is 188 g/mol. The van der Waals surface area contributed by atoms with Crippen LogP contribution >= 0.6 is 11.5 Å². The number of hydrogen-bond donors (Lipinski definition) is 2. The first-order valence-electron chi connectivity index (χ1n) is 4.12. The van der Waals surface area contributed by atoms with Gasteiger partial charge in [0.05, 0.1) is 13.7 Å². The second kappa shape index (κ2) is 5.16. The Bertz CT molecular complexity index is 252. The molecule has 1 unspecified atom stereocenters. The molecule has 2 N–H and O–H groups in total. The lowest BCUT2D eigenvalue weighted by Gasteiger charge is -2.08. The van der Waals surface area contributed by atoms with E-state index in [2.05, 4.69) is 9.69 Å². The van der Waals surface area contributed by atoms with Crippen molar-refractivity contribution in [2.75, 3.05) is 20.3 Å². The Morgan fingerprint density at radius 2 is 2.54 bits per heavy atom. The van der Waals surface area contributed by atoms with Crippen LogP contribution in [0.2, 0.25) is 0 Å². The quantitative estimate of drug-likeness (QED) is 0.741. The van der Waals surface area contributed by atoms with Gasteiger partial charge in [-0.15, -0.1) is 0 Å². The Kier molecular flexibility index (Phi) is 4.14. The average molecular weight is 202 g/mol. The third kappa shape index (κ3) is 2.95. The molecule has 0 aliphatic heterocycles. The van der Waals surface area contributed by atoms with Gasteiger partial charge in [0.25, 0.3) is 0 Å². The molecule has 0 bridgehead atoms. The lowest BCUT2D eigenvalue weighted by molar-refractivity contribution is 0.286. The smallest absolute Gasteiger partial charge is 0.225 e. The van der Waals surface area contributed by atoms with Crippen LogP contribution in [0.1, 0.15) is 17.8 Å². The van der Waals surface area contributed by atoms with Crippen molar-refractivity contribution in [3.8, 4) is 5.88 Å². The SMILES string of the molecule is COc1cc(C(C)NCCO)sn1. The number of nitrogens with one attached hydrogen (secondary N) is 1. The molecule has 0 spiro atoms. The minimum atomic E-state index is 0.153. The summed E-state index contributed by atoms with van der Waals surface area (Å²) in [7, 11) is 1.60. The molecule has 1 rings (SSSR count).